The topological polar surface area (TPSA) is 118 Å². The molecule has 166 valence electrons. The summed E-state index contributed by atoms with van der Waals surface area (Å²) in [5.74, 6) is 1.57. The van der Waals surface area contributed by atoms with E-state index in [-0.39, 0.29) is 35.4 Å². The number of anilines is 2. The van der Waals surface area contributed by atoms with E-state index in [0.717, 1.165) is 37.2 Å². The van der Waals surface area contributed by atoms with Crippen molar-refractivity contribution < 1.29 is 9.53 Å². The molecule has 0 unspecified atom stereocenters. The molecule has 2 heterocycles. The van der Waals surface area contributed by atoms with Crippen molar-refractivity contribution in [2.45, 2.75) is 83.9 Å². The molecule has 2 aromatic heterocycles. The number of nitriles is 1. The van der Waals surface area contributed by atoms with E-state index in [4.69, 9.17) is 15.1 Å². The maximum Gasteiger partial charge on any atom is 0.407 e. The zero-order valence-corrected chi connectivity index (χ0v) is 18.8. The molecule has 0 saturated heterocycles. The molecule has 0 aromatic carbocycles. The van der Waals surface area contributed by atoms with Crippen LogP contribution in [-0.2, 0) is 10.3 Å². The van der Waals surface area contributed by atoms with E-state index >= 15 is 0 Å². The average molecular weight is 426 g/mol. The van der Waals surface area contributed by atoms with Crippen LogP contribution in [-0.4, -0.2) is 38.2 Å². The van der Waals surface area contributed by atoms with E-state index in [1.165, 1.54) is 0 Å². The Kier molecular flexibility index (Phi) is 6.78. The van der Waals surface area contributed by atoms with Gasteiger partial charge in [0.15, 0.2) is 11.5 Å². The number of nitrogens with zero attached hydrogens (tertiary/aromatic N) is 5. The molecule has 0 spiro atoms. The summed E-state index contributed by atoms with van der Waals surface area (Å²) in [5, 5.41) is 27.8. The lowest BCUT2D eigenvalue weighted by molar-refractivity contribution is 0.0974. The van der Waals surface area contributed by atoms with E-state index in [9.17, 15) is 4.79 Å². The smallest absolute Gasteiger partial charge is 0.407 e. The lowest BCUT2D eigenvalue weighted by atomic mass is 10.0. The van der Waals surface area contributed by atoms with Gasteiger partial charge in [0, 0.05) is 18.0 Å². The summed E-state index contributed by atoms with van der Waals surface area (Å²) in [6.45, 7) is 10.2. The number of alkyl carbamates (subject to hydrolysis) is 1. The zero-order valence-electron chi connectivity index (χ0n) is 18.8. The molecule has 0 radical (unpaired) electrons. The van der Waals surface area contributed by atoms with Gasteiger partial charge in [-0.3, -0.25) is 0 Å². The third kappa shape index (κ3) is 5.72. The molecule has 3 rings (SSSR count). The predicted molar refractivity (Wildman–Crippen MR) is 117 cm³/mol. The van der Waals surface area contributed by atoms with Crippen LogP contribution in [0.2, 0.25) is 0 Å². The first-order valence-electron chi connectivity index (χ1n) is 10.8. The molecule has 2 aromatic rings. The summed E-state index contributed by atoms with van der Waals surface area (Å²) >= 11 is 0. The Hall–Kier alpha value is -3.15. The lowest BCUT2D eigenvalue weighted by Crippen LogP contribution is -2.34. The highest BCUT2D eigenvalue weighted by Gasteiger charge is 2.32. The molecular formula is C22H31N7O2. The number of ether oxygens (including phenoxy) is 1. The third-order valence-corrected chi connectivity index (χ3v) is 5.45. The molecule has 1 saturated carbocycles. The van der Waals surface area contributed by atoms with E-state index < -0.39 is 0 Å². The van der Waals surface area contributed by atoms with Gasteiger partial charge in [-0.15, -0.1) is 10.2 Å². The van der Waals surface area contributed by atoms with E-state index in [0.29, 0.717) is 5.82 Å². The van der Waals surface area contributed by atoms with E-state index in [1.54, 1.807) is 12.1 Å². The Balaban J connectivity index is 1.72. The molecule has 0 bridgehead atoms. The van der Waals surface area contributed by atoms with Crippen LogP contribution in [0.3, 0.4) is 0 Å². The number of hydrogen-bond acceptors (Lipinski definition) is 7. The second kappa shape index (κ2) is 9.33. The molecule has 1 aliphatic rings. The average Bonchev–Trinajstić information content (AvgIpc) is 3.35. The van der Waals surface area contributed by atoms with Crippen molar-refractivity contribution in [1.82, 2.24) is 25.3 Å². The summed E-state index contributed by atoms with van der Waals surface area (Å²) in [6.07, 6.45) is 2.91. The number of aromatic nitrogens is 4. The molecule has 9 nitrogen and oxygen atoms in total. The molecular weight excluding hydrogens is 394 g/mol. The van der Waals surface area contributed by atoms with Gasteiger partial charge < -0.3 is 15.4 Å². The summed E-state index contributed by atoms with van der Waals surface area (Å²) in [6, 6.07) is 7.44. The maximum atomic E-state index is 12.1. The Morgan fingerprint density at radius 3 is 2.74 bits per heavy atom. The van der Waals surface area contributed by atoms with Crippen molar-refractivity contribution in [2.24, 2.45) is 0 Å². The second-order valence-corrected chi connectivity index (χ2v) is 9.07. The van der Waals surface area contributed by atoms with Crippen molar-refractivity contribution in [3.05, 3.63) is 29.6 Å². The number of nitrogens with one attached hydrogen (secondary N) is 2. The summed E-state index contributed by atoms with van der Waals surface area (Å²) < 4.78 is 7.55. The molecule has 1 fully saturated rings. The highest BCUT2D eigenvalue weighted by atomic mass is 16.6. The molecule has 9 heteroatoms. The number of rotatable bonds is 6. The Morgan fingerprint density at radius 2 is 2.13 bits per heavy atom. The molecule has 31 heavy (non-hydrogen) atoms. The fourth-order valence-corrected chi connectivity index (χ4v) is 3.59. The monoisotopic (exact) mass is 425 g/mol. The number of amides is 1. The van der Waals surface area contributed by atoms with Crippen molar-refractivity contribution in [3.63, 3.8) is 0 Å². The Morgan fingerprint density at radius 1 is 1.35 bits per heavy atom. The minimum absolute atomic E-state index is 0.102. The fraction of sp³-hybridized carbons (Fsp3) is 0.591. The number of hydrogen-bond donors (Lipinski definition) is 2. The van der Waals surface area contributed by atoms with Gasteiger partial charge in [0.05, 0.1) is 11.2 Å². The molecule has 1 aliphatic carbocycles. The van der Waals surface area contributed by atoms with Crippen LogP contribution >= 0.6 is 0 Å². The first-order valence-corrected chi connectivity index (χ1v) is 10.8. The molecule has 2 N–H and O–H groups in total. The third-order valence-electron chi connectivity index (χ3n) is 5.45. The Bertz CT molecular complexity index is 940. The van der Waals surface area contributed by atoms with Crippen molar-refractivity contribution in [1.29, 1.82) is 5.26 Å². The van der Waals surface area contributed by atoms with Crippen LogP contribution in [0.25, 0.3) is 0 Å². The van der Waals surface area contributed by atoms with Gasteiger partial charge in [0.1, 0.15) is 18.0 Å². The van der Waals surface area contributed by atoms with Crippen LogP contribution in [0.15, 0.2) is 18.2 Å². The van der Waals surface area contributed by atoms with Crippen LogP contribution < -0.4 is 10.6 Å². The minimum Gasteiger partial charge on any atom is -0.446 e. The van der Waals surface area contributed by atoms with Gasteiger partial charge in [-0.2, -0.15) is 10.4 Å². The van der Waals surface area contributed by atoms with Gasteiger partial charge in [-0.05, 0) is 65.5 Å². The second-order valence-electron chi connectivity index (χ2n) is 9.07. The normalized spacial score (nSPS) is 19.5. The largest absolute Gasteiger partial charge is 0.446 e. The van der Waals surface area contributed by atoms with Crippen LogP contribution in [0.4, 0.5) is 16.4 Å². The number of carbonyl (C=O) groups excluding carboxylic acids is 1. The minimum atomic E-state index is -0.345. The summed E-state index contributed by atoms with van der Waals surface area (Å²) in [7, 11) is 0. The van der Waals surface area contributed by atoms with Crippen LogP contribution in [0.5, 0.6) is 0 Å². The first kappa shape index (κ1) is 22.5. The summed E-state index contributed by atoms with van der Waals surface area (Å²) in [5.41, 5.74) is 0.989. The van der Waals surface area contributed by atoms with Crippen LogP contribution in [0.1, 0.15) is 77.6 Å². The standard InChI is InChI=1S/C22H31N7O2/c1-6-14(2)24-21(30)31-17-9-7-15(11-17)18-12-20(29(28-18)22(3,4)5)25-19-10-8-16(13-23)26-27-19/h8,10,12,14-15,17H,6-7,9,11H2,1-5H3,(H,24,30)(H,25,27)/t14-,15-,17+/m0/s1. The predicted octanol–water partition coefficient (Wildman–Crippen LogP) is 4.20. The van der Waals surface area contributed by atoms with Crippen molar-refractivity contribution in [2.75, 3.05) is 5.32 Å². The highest BCUT2D eigenvalue weighted by molar-refractivity contribution is 5.67. The van der Waals surface area contributed by atoms with Crippen molar-refractivity contribution in [3.8, 4) is 6.07 Å². The SMILES string of the molecule is CC[C@H](C)NC(=O)O[C@@H]1CC[C@H](c2cc(Nc3ccc(C#N)nn3)n(C(C)(C)C)n2)C1. The number of carbonyl (C=O) groups is 1. The first-order chi connectivity index (χ1) is 14.7. The van der Waals surface area contributed by atoms with E-state index in [2.05, 4.69) is 41.6 Å². The fourth-order valence-electron chi connectivity index (χ4n) is 3.59. The van der Waals surface area contributed by atoms with Gasteiger partial charge in [0.25, 0.3) is 0 Å². The molecule has 3 atom stereocenters. The Labute approximate surface area is 183 Å². The van der Waals surface area contributed by atoms with Crippen molar-refractivity contribution >= 4 is 17.7 Å². The highest BCUT2D eigenvalue weighted by Crippen LogP contribution is 2.37. The van der Waals surface area contributed by atoms with Crippen LogP contribution in [0, 0.1) is 11.3 Å². The van der Waals surface area contributed by atoms with Gasteiger partial charge in [0.2, 0.25) is 0 Å². The quantitative estimate of drug-likeness (QED) is 0.712. The molecule has 1 amide bonds. The zero-order chi connectivity index (χ0) is 22.6. The van der Waals surface area contributed by atoms with E-state index in [1.807, 2.05) is 30.7 Å². The van der Waals surface area contributed by atoms with Gasteiger partial charge in [-0.25, -0.2) is 9.48 Å². The molecule has 0 aliphatic heterocycles. The van der Waals surface area contributed by atoms with Gasteiger partial charge >= 0.3 is 6.09 Å². The maximum absolute atomic E-state index is 12.1. The lowest BCUT2D eigenvalue weighted by Gasteiger charge is -2.22. The summed E-state index contributed by atoms with van der Waals surface area (Å²) in [4.78, 5) is 12.1. The van der Waals surface area contributed by atoms with Gasteiger partial charge in [-0.1, -0.05) is 6.92 Å².